The molecule has 108 valence electrons. The average Bonchev–Trinajstić information content (AvgIpc) is 2.89. The number of benzene rings is 1. The van der Waals surface area contributed by atoms with Crippen LogP contribution < -0.4 is 5.32 Å². The summed E-state index contributed by atoms with van der Waals surface area (Å²) in [6.07, 6.45) is 4.39. The number of nitrogens with zero attached hydrogens (tertiary/aromatic N) is 2. The Labute approximate surface area is 123 Å². The minimum absolute atomic E-state index is 0.126. The lowest BCUT2D eigenvalue weighted by atomic mass is 9.79. The molecule has 5 heteroatoms. The minimum atomic E-state index is -0.250. The van der Waals surface area contributed by atoms with Crippen LogP contribution in [0.3, 0.4) is 0 Å². The van der Waals surface area contributed by atoms with Gasteiger partial charge >= 0.3 is 0 Å². The predicted molar refractivity (Wildman–Crippen MR) is 77.4 cm³/mol. The van der Waals surface area contributed by atoms with Crippen molar-refractivity contribution in [1.29, 1.82) is 0 Å². The van der Waals surface area contributed by atoms with Gasteiger partial charge < -0.3 is 4.57 Å². The number of rotatable bonds is 3. The van der Waals surface area contributed by atoms with Crippen molar-refractivity contribution in [2.24, 2.45) is 13.0 Å². The highest BCUT2D eigenvalue weighted by atomic mass is 16.2. The lowest BCUT2D eigenvalue weighted by Gasteiger charge is -2.30. The molecule has 1 aromatic heterocycles. The minimum Gasteiger partial charge on any atom is -0.337 e. The first-order valence-electron chi connectivity index (χ1n) is 6.99. The number of amides is 2. The maximum absolute atomic E-state index is 12.3. The third kappa shape index (κ3) is 2.72. The Kier molecular flexibility index (Phi) is 3.56. The Balaban J connectivity index is 1.92. The van der Waals surface area contributed by atoms with E-state index in [-0.39, 0.29) is 23.7 Å². The van der Waals surface area contributed by atoms with E-state index in [1.807, 2.05) is 41.9 Å². The van der Waals surface area contributed by atoms with E-state index in [0.29, 0.717) is 12.8 Å². The molecule has 1 aliphatic rings. The maximum atomic E-state index is 12.3. The van der Waals surface area contributed by atoms with E-state index in [2.05, 4.69) is 10.3 Å². The molecule has 3 rings (SSSR count). The Bertz CT molecular complexity index is 663. The molecule has 1 N–H and O–H groups in total. The van der Waals surface area contributed by atoms with Crippen LogP contribution in [0.15, 0.2) is 42.9 Å². The lowest BCUT2D eigenvalue weighted by Crippen LogP contribution is -2.46. The maximum Gasteiger partial charge on any atom is 0.230 e. The highest BCUT2D eigenvalue weighted by Gasteiger charge is 2.38. The molecule has 1 fully saturated rings. The number of piperidine rings is 1. The van der Waals surface area contributed by atoms with E-state index in [1.54, 1.807) is 12.5 Å². The second kappa shape index (κ2) is 5.52. The van der Waals surface area contributed by atoms with Crippen LogP contribution in [0.1, 0.15) is 23.6 Å². The molecule has 2 unspecified atom stereocenters. The number of carbonyl (C=O) groups excluding carboxylic acids is 2. The monoisotopic (exact) mass is 283 g/mol. The molecule has 2 atom stereocenters. The topological polar surface area (TPSA) is 64.0 Å². The molecular weight excluding hydrogens is 266 g/mol. The van der Waals surface area contributed by atoms with Gasteiger partial charge in [-0.2, -0.15) is 0 Å². The summed E-state index contributed by atoms with van der Waals surface area (Å²) in [5, 5.41) is 2.45. The summed E-state index contributed by atoms with van der Waals surface area (Å²) in [6, 6.07) is 9.88. The van der Waals surface area contributed by atoms with E-state index < -0.39 is 0 Å². The van der Waals surface area contributed by atoms with Crippen molar-refractivity contribution < 1.29 is 9.59 Å². The quantitative estimate of drug-likeness (QED) is 0.866. The van der Waals surface area contributed by atoms with Gasteiger partial charge in [0.05, 0.1) is 12.2 Å². The fourth-order valence-electron chi connectivity index (χ4n) is 2.94. The first-order valence-corrected chi connectivity index (χ1v) is 6.99. The van der Waals surface area contributed by atoms with Gasteiger partial charge in [0.25, 0.3) is 0 Å². The third-order valence-corrected chi connectivity index (χ3v) is 4.02. The van der Waals surface area contributed by atoms with Crippen LogP contribution in [0, 0.1) is 5.92 Å². The number of nitrogens with one attached hydrogen (secondary N) is 1. The number of imidazole rings is 1. The molecule has 2 amide bonds. The van der Waals surface area contributed by atoms with Crippen LogP contribution in [0.5, 0.6) is 0 Å². The zero-order chi connectivity index (χ0) is 14.8. The zero-order valence-electron chi connectivity index (χ0n) is 11.8. The van der Waals surface area contributed by atoms with Crippen molar-refractivity contribution in [2.75, 3.05) is 0 Å². The van der Waals surface area contributed by atoms with Gasteiger partial charge in [-0.1, -0.05) is 30.3 Å². The SMILES string of the molecule is Cn1cncc1C1CC(=O)NC(=O)C1Cc1ccccc1. The van der Waals surface area contributed by atoms with Crippen molar-refractivity contribution in [3.8, 4) is 0 Å². The van der Waals surface area contributed by atoms with Crippen LogP contribution in [0.2, 0.25) is 0 Å². The molecule has 1 aromatic carbocycles. The summed E-state index contributed by atoms with van der Waals surface area (Å²) in [5.74, 6) is -0.781. The molecule has 21 heavy (non-hydrogen) atoms. The zero-order valence-corrected chi connectivity index (χ0v) is 11.8. The van der Waals surface area contributed by atoms with Crippen molar-refractivity contribution in [3.05, 3.63) is 54.1 Å². The van der Waals surface area contributed by atoms with E-state index >= 15 is 0 Å². The van der Waals surface area contributed by atoms with E-state index in [0.717, 1.165) is 11.3 Å². The van der Waals surface area contributed by atoms with Crippen LogP contribution in [0.4, 0.5) is 0 Å². The summed E-state index contributed by atoms with van der Waals surface area (Å²) < 4.78 is 1.88. The number of imide groups is 1. The first kappa shape index (κ1) is 13.5. The van der Waals surface area contributed by atoms with Crippen molar-refractivity contribution in [1.82, 2.24) is 14.9 Å². The van der Waals surface area contributed by atoms with Gasteiger partial charge in [0.2, 0.25) is 11.8 Å². The number of hydrogen-bond acceptors (Lipinski definition) is 3. The summed E-state index contributed by atoms with van der Waals surface area (Å²) in [5.41, 5.74) is 2.03. The van der Waals surface area contributed by atoms with Crippen molar-refractivity contribution in [2.45, 2.75) is 18.8 Å². The van der Waals surface area contributed by atoms with Gasteiger partial charge in [0.15, 0.2) is 0 Å². The predicted octanol–water partition coefficient (Wildman–Crippen LogP) is 1.41. The van der Waals surface area contributed by atoms with Gasteiger partial charge in [-0.3, -0.25) is 14.9 Å². The van der Waals surface area contributed by atoms with E-state index in [9.17, 15) is 9.59 Å². The summed E-state index contributed by atoms with van der Waals surface area (Å²) in [7, 11) is 1.89. The van der Waals surface area contributed by atoms with Gasteiger partial charge in [-0.05, 0) is 12.0 Å². The lowest BCUT2D eigenvalue weighted by molar-refractivity contribution is -0.137. The molecule has 0 saturated carbocycles. The molecular formula is C16H17N3O2. The molecule has 2 aromatic rings. The van der Waals surface area contributed by atoms with Gasteiger partial charge in [0.1, 0.15) is 0 Å². The Morgan fingerprint density at radius 2 is 2.05 bits per heavy atom. The second-order valence-electron chi connectivity index (χ2n) is 5.45. The number of aromatic nitrogens is 2. The number of aryl methyl sites for hydroxylation is 1. The van der Waals surface area contributed by atoms with Crippen LogP contribution >= 0.6 is 0 Å². The summed E-state index contributed by atoms with van der Waals surface area (Å²) in [4.78, 5) is 28.1. The fraction of sp³-hybridized carbons (Fsp3) is 0.312. The molecule has 0 bridgehead atoms. The smallest absolute Gasteiger partial charge is 0.230 e. The van der Waals surface area contributed by atoms with E-state index in [1.165, 1.54) is 0 Å². The molecule has 1 saturated heterocycles. The average molecular weight is 283 g/mol. The van der Waals surface area contributed by atoms with Gasteiger partial charge in [-0.25, -0.2) is 4.98 Å². The largest absolute Gasteiger partial charge is 0.337 e. The molecule has 0 aliphatic carbocycles. The molecule has 2 heterocycles. The molecule has 0 spiro atoms. The van der Waals surface area contributed by atoms with Gasteiger partial charge in [0, 0.05) is 31.3 Å². The number of carbonyl (C=O) groups is 2. The summed E-state index contributed by atoms with van der Waals surface area (Å²) in [6.45, 7) is 0. The Hall–Kier alpha value is -2.43. The highest BCUT2D eigenvalue weighted by molar-refractivity contribution is 5.99. The molecule has 5 nitrogen and oxygen atoms in total. The highest BCUT2D eigenvalue weighted by Crippen LogP contribution is 2.33. The van der Waals surface area contributed by atoms with Crippen LogP contribution in [-0.4, -0.2) is 21.4 Å². The summed E-state index contributed by atoms with van der Waals surface area (Å²) >= 11 is 0. The Morgan fingerprint density at radius 3 is 2.71 bits per heavy atom. The van der Waals surface area contributed by atoms with E-state index in [4.69, 9.17) is 0 Å². The number of hydrogen-bond donors (Lipinski definition) is 1. The first-order chi connectivity index (χ1) is 10.1. The standard InChI is InChI=1S/C16H17N3O2/c1-19-10-17-9-14(19)12-8-15(20)18-16(21)13(12)7-11-5-3-2-4-6-11/h2-6,9-10,12-13H,7-8H2,1H3,(H,18,20,21). The van der Waals surface area contributed by atoms with Crippen LogP contribution in [-0.2, 0) is 23.1 Å². The van der Waals surface area contributed by atoms with Crippen molar-refractivity contribution >= 4 is 11.8 Å². The van der Waals surface area contributed by atoms with Gasteiger partial charge in [-0.15, -0.1) is 0 Å². The third-order valence-electron chi connectivity index (χ3n) is 4.02. The normalized spacial score (nSPS) is 22.1. The van der Waals surface area contributed by atoms with Crippen molar-refractivity contribution in [3.63, 3.8) is 0 Å². The van der Waals surface area contributed by atoms with Crippen LogP contribution in [0.25, 0.3) is 0 Å². The fourth-order valence-corrected chi connectivity index (χ4v) is 2.94. The second-order valence-corrected chi connectivity index (χ2v) is 5.45. The molecule has 0 radical (unpaired) electrons. The molecule has 1 aliphatic heterocycles. The Morgan fingerprint density at radius 1 is 1.29 bits per heavy atom.